The number of nitrogens with zero attached hydrogens (tertiary/aromatic N) is 1. The van der Waals surface area contributed by atoms with Crippen LogP contribution in [0.1, 0.15) is 52.4 Å². The van der Waals surface area contributed by atoms with E-state index in [-0.39, 0.29) is 11.7 Å². The summed E-state index contributed by atoms with van der Waals surface area (Å²) in [6, 6.07) is 0. The smallest absolute Gasteiger partial charge is 0.244 e. The van der Waals surface area contributed by atoms with Gasteiger partial charge in [0, 0.05) is 6.54 Å². The predicted molar refractivity (Wildman–Crippen MR) is 67.4 cm³/mol. The Balaban J connectivity index is 1.64. The van der Waals surface area contributed by atoms with Crippen LogP contribution >= 0.6 is 0 Å². The summed E-state index contributed by atoms with van der Waals surface area (Å²) in [5.41, 5.74) is -0.130. The number of hydrogen-bond donors (Lipinski definition) is 1. The van der Waals surface area contributed by atoms with Crippen molar-refractivity contribution in [3.8, 4) is 0 Å². The molecule has 1 saturated heterocycles. The lowest BCUT2D eigenvalue weighted by Gasteiger charge is -2.31. The fourth-order valence-corrected chi connectivity index (χ4v) is 3.18. The highest BCUT2D eigenvalue weighted by Crippen LogP contribution is 2.43. The molecule has 2 aliphatic carbocycles. The zero-order valence-corrected chi connectivity index (χ0v) is 11.0. The van der Waals surface area contributed by atoms with Gasteiger partial charge in [0.1, 0.15) is 0 Å². The van der Waals surface area contributed by atoms with Crippen molar-refractivity contribution < 1.29 is 4.79 Å². The monoisotopic (exact) mass is 236 g/mol. The van der Waals surface area contributed by atoms with Gasteiger partial charge in [-0.3, -0.25) is 10.1 Å². The van der Waals surface area contributed by atoms with Gasteiger partial charge >= 0.3 is 0 Å². The van der Waals surface area contributed by atoms with Gasteiger partial charge in [-0.15, -0.1) is 0 Å². The highest BCUT2D eigenvalue weighted by Gasteiger charge is 2.59. The third kappa shape index (κ3) is 1.88. The van der Waals surface area contributed by atoms with Crippen molar-refractivity contribution >= 4 is 5.91 Å². The molecule has 1 amide bonds. The Morgan fingerprint density at radius 3 is 2.59 bits per heavy atom. The summed E-state index contributed by atoms with van der Waals surface area (Å²) in [5, 5.41) is 3.58. The molecule has 0 aromatic heterocycles. The van der Waals surface area contributed by atoms with Crippen molar-refractivity contribution in [3.05, 3.63) is 0 Å². The lowest BCUT2D eigenvalue weighted by molar-refractivity contribution is -0.131. The molecule has 3 heteroatoms. The van der Waals surface area contributed by atoms with E-state index in [4.69, 9.17) is 0 Å². The molecular formula is C14H24N2O. The maximum atomic E-state index is 12.4. The molecule has 0 bridgehead atoms. The van der Waals surface area contributed by atoms with Crippen LogP contribution in [0.4, 0.5) is 0 Å². The van der Waals surface area contributed by atoms with Gasteiger partial charge in [-0.2, -0.15) is 0 Å². The van der Waals surface area contributed by atoms with Crippen molar-refractivity contribution in [2.75, 3.05) is 6.54 Å². The molecule has 3 aliphatic rings. The average molecular weight is 236 g/mol. The van der Waals surface area contributed by atoms with Gasteiger partial charge < -0.3 is 4.90 Å². The first-order valence-electron chi connectivity index (χ1n) is 7.21. The topological polar surface area (TPSA) is 32.3 Å². The van der Waals surface area contributed by atoms with E-state index in [1.54, 1.807) is 0 Å². The molecule has 1 unspecified atom stereocenters. The van der Waals surface area contributed by atoms with E-state index in [9.17, 15) is 4.79 Å². The van der Waals surface area contributed by atoms with Gasteiger partial charge in [-0.1, -0.05) is 33.1 Å². The van der Waals surface area contributed by atoms with E-state index in [0.29, 0.717) is 11.8 Å². The van der Waals surface area contributed by atoms with Gasteiger partial charge in [0.25, 0.3) is 0 Å². The largest absolute Gasteiger partial charge is 0.325 e. The number of nitrogens with one attached hydrogen (secondary N) is 1. The standard InChI is InChI=1S/C14H24N2O/c1-10(2)12-15-14(7-8-14)13(17)16(12)9-6-11-4-3-5-11/h10-12,15H,3-9H2,1-2H3. The number of amides is 1. The Labute approximate surface area is 104 Å². The second kappa shape index (κ2) is 3.98. The Hall–Kier alpha value is -0.570. The van der Waals surface area contributed by atoms with E-state index in [2.05, 4.69) is 24.1 Å². The quantitative estimate of drug-likeness (QED) is 0.811. The van der Waals surface area contributed by atoms with Crippen molar-refractivity contribution in [2.24, 2.45) is 11.8 Å². The van der Waals surface area contributed by atoms with Crippen molar-refractivity contribution in [3.63, 3.8) is 0 Å². The van der Waals surface area contributed by atoms with Gasteiger partial charge in [-0.25, -0.2) is 0 Å². The number of rotatable bonds is 4. The van der Waals surface area contributed by atoms with Crippen LogP contribution in [-0.4, -0.2) is 29.1 Å². The predicted octanol–water partition coefficient (Wildman–Crippen LogP) is 2.12. The Bertz CT molecular complexity index is 318. The fourth-order valence-electron chi connectivity index (χ4n) is 3.18. The summed E-state index contributed by atoms with van der Waals surface area (Å²) in [6.45, 7) is 5.40. The lowest BCUT2D eigenvalue weighted by atomic mass is 9.83. The van der Waals surface area contributed by atoms with Crippen LogP contribution in [0.2, 0.25) is 0 Å². The molecule has 1 spiro atoms. The highest BCUT2D eigenvalue weighted by molar-refractivity contribution is 5.91. The minimum atomic E-state index is -0.130. The molecule has 3 rings (SSSR count). The summed E-state index contributed by atoms with van der Waals surface area (Å²) in [4.78, 5) is 14.5. The van der Waals surface area contributed by atoms with Crippen LogP contribution in [0.3, 0.4) is 0 Å². The second-order valence-electron chi connectivity index (χ2n) is 6.50. The van der Waals surface area contributed by atoms with Crippen LogP contribution in [0.5, 0.6) is 0 Å². The minimum absolute atomic E-state index is 0.130. The molecule has 0 aromatic rings. The van der Waals surface area contributed by atoms with Gasteiger partial charge in [0.15, 0.2) is 0 Å². The third-order valence-corrected chi connectivity index (χ3v) is 4.81. The van der Waals surface area contributed by atoms with Crippen LogP contribution in [0.25, 0.3) is 0 Å². The number of hydrogen-bond acceptors (Lipinski definition) is 2. The van der Waals surface area contributed by atoms with Crippen LogP contribution in [-0.2, 0) is 4.79 Å². The summed E-state index contributed by atoms with van der Waals surface area (Å²) in [5.74, 6) is 1.79. The number of carbonyl (C=O) groups is 1. The Morgan fingerprint density at radius 2 is 2.12 bits per heavy atom. The molecule has 1 atom stereocenters. The highest BCUT2D eigenvalue weighted by atomic mass is 16.2. The molecule has 3 fully saturated rings. The molecule has 0 radical (unpaired) electrons. The molecule has 2 saturated carbocycles. The first-order chi connectivity index (χ1) is 8.12. The summed E-state index contributed by atoms with van der Waals surface area (Å²) in [6.07, 6.45) is 7.76. The van der Waals surface area contributed by atoms with Gasteiger partial charge in [0.05, 0.1) is 11.7 Å². The first-order valence-corrected chi connectivity index (χ1v) is 7.21. The molecule has 17 heavy (non-hydrogen) atoms. The van der Waals surface area contributed by atoms with Crippen LogP contribution in [0.15, 0.2) is 0 Å². The van der Waals surface area contributed by atoms with Crippen molar-refractivity contribution in [1.82, 2.24) is 10.2 Å². The molecule has 3 nitrogen and oxygen atoms in total. The zero-order valence-electron chi connectivity index (χ0n) is 11.0. The number of carbonyl (C=O) groups excluding carboxylic acids is 1. The van der Waals surface area contributed by atoms with E-state index in [0.717, 1.165) is 25.3 Å². The van der Waals surface area contributed by atoms with Crippen LogP contribution in [0, 0.1) is 11.8 Å². The van der Waals surface area contributed by atoms with E-state index < -0.39 is 0 Å². The lowest BCUT2D eigenvalue weighted by Crippen LogP contribution is -2.42. The first kappa shape index (κ1) is 11.5. The molecule has 1 aliphatic heterocycles. The Kier molecular flexibility index (Phi) is 2.69. The molecule has 96 valence electrons. The zero-order chi connectivity index (χ0) is 12.0. The Morgan fingerprint density at radius 1 is 1.41 bits per heavy atom. The second-order valence-corrected chi connectivity index (χ2v) is 6.50. The van der Waals surface area contributed by atoms with Gasteiger partial charge in [0.2, 0.25) is 5.91 Å². The van der Waals surface area contributed by atoms with E-state index in [1.807, 2.05) is 0 Å². The van der Waals surface area contributed by atoms with E-state index >= 15 is 0 Å². The molecule has 1 heterocycles. The van der Waals surface area contributed by atoms with Crippen molar-refractivity contribution in [2.45, 2.75) is 64.1 Å². The fraction of sp³-hybridized carbons (Fsp3) is 0.929. The molecule has 1 N–H and O–H groups in total. The summed E-state index contributed by atoms with van der Waals surface area (Å²) < 4.78 is 0. The minimum Gasteiger partial charge on any atom is -0.325 e. The maximum Gasteiger partial charge on any atom is 0.244 e. The molecule has 0 aromatic carbocycles. The summed E-state index contributed by atoms with van der Waals surface area (Å²) >= 11 is 0. The average Bonchev–Trinajstić information content (AvgIpc) is 2.93. The van der Waals surface area contributed by atoms with Crippen molar-refractivity contribution in [1.29, 1.82) is 0 Å². The normalized spacial score (nSPS) is 31.4. The summed E-state index contributed by atoms with van der Waals surface area (Å²) in [7, 11) is 0. The third-order valence-electron chi connectivity index (χ3n) is 4.81. The van der Waals surface area contributed by atoms with Crippen LogP contribution < -0.4 is 5.32 Å². The van der Waals surface area contributed by atoms with E-state index in [1.165, 1.54) is 25.7 Å². The SMILES string of the molecule is CC(C)C1NC2(CC2)C(=O)N1CCC1CCC1. The molecular weight excluding hydrogens is 212 g/mol. The van der Waals surface area contributed by atoms with Gasteiger partial charge in [-0.05, 0) is 31.1 Å². The maximum absolute atomic E-state index is 12.4.